The van der Waals surface area contributed by atoms with Crippen LogP contribution in [0.1, 0.15) is 29.0 Å². The first-order chi connectivity index (χ1) is 13.3. The van der Waals surface area contributed by atoms with E-state index in [1.807, 2.05) is 6.07 Å². The van der Waals surface area contributed by atoms with Crippen LogP contribution in [0.25, 0.3) is 10.9 Å². The summed E-state index contributed by atoms with van der Waals surface area (Å²) in [6, 6.07) is 6.18. The van der Waals surface area contributed by atoms with Crippen LogP contribution in [0.15, 0.2) is 18.2 Å². The largest absolute Gasteiger partial charge is 0.397 e. The van der Waals surface area contributed by atoms with E-state index in [2.05, 4.69) is 10.3 Å². The molecule has 0 saturated carbocycles. The molecule has 0 radical (unpaired) electrons. The van der Waals surface area contributed by atoms with Gasteiger partial charge in [0.1, 0.15) is 32.9 Å². The molecule has 3 aromatic rings. The Bertz CT molecular complexity index is 1260. The number of aromatic nitrogens is 1. The summed E-state index contributed by atoms with van der Waals surface area (Å²) >= 11 is 7.21. The lowest BCUT2D eigenvalue weighted by Gasteiger charge is -2.27. The summed E-state index contributed by atoms with van der Waals surface area (Å²) in [7, 11) is 0. The van der Waals surface area contributed by atoms with E-state index in [1.165, 1.54) is 12.1 Å². The molecule has 3 heterocycles. The number of rotatable bonds is 1. The van der Waals surface area contributed by atoms with Crippen molar-refractivity contribution in [2.75, 3.05) is 16.8 Å². The number of pyridine rings is 1. The SMILES string of the molecule is N#Cc1c(N)nc2c3c(sc(=N)c2c1N)NC(=O)C[C@@H]3c1c(F)cccc1Cl. The standard InChI is InChI=1S/C18H12ClFN6OS/c19-8-2-1-3-9(20)11(8)6-4-10(27)25-18-12(6)15-13(17(24)28-18)14(22)7(5-21)16(23)26-15/h1-3,6,24H,4H2,(H,25,27)(H4,22,23,26)/t6-/m1/s1. The lowest BCUT2D eigenvalue weighted by molar-refractivity contribution is -0.116. The van der Waals surface area contributed by atoms with Gasteiger partial charge in [0.05, 0.1) is 16.6 Å². The van der Waals surface area contributed by atoms with Gasteiger partial charge in [0.25, 0.3) is 0 Å². The van der Waals surface area contributed by atoms with Crippen molar-refractivity contribution in [1.82, 2.24) is 4.98 Å². The molecule has 1 atom stereocenters. The predicted molar refractivity (Wildman–Crippen MR) is 106 cm³/mol. The van der Waals surface area contributed by atoms with E-state index < -0.39 is 11.7 Å². The van der Waals surface area contributed by atoms with Gasteiger partial charge in [-0.05, 0) is 12.1 Å². The van der Waals surface area contributed by atoms with Crippen LogP contribution in [-0.4, -0.2) is 10.9 Å². The zero-order chi connectivity index (χ0) is 20.2. The van der Waals surface area contributed by atoms with Crippen LogP contribution < -0.4 is 21.5 Å². The first-order valence-corrected chi connectivity index (χ1v) is 9.27. The van der Waals surface area contributed by atoms with Gasteiger partial charge in [0, 0.05) is 28.5 Å². The fourth-order valence-electron chi connectivity index (χ4n) is 3.45. The Morgan fingerprint density at radius 3 is 2.82 bits per heavy atom. The Morgan fingerprint density at radius 2 is 2.14 bits per heavy atom. The summed E-state index contributed by atoms with van der Waals surface area (Å²) in [5, 5.41) is 21.1. The molecule has 1 aliphatic heterocycles. The number of nitrogens with zero attached hydrogens (tertiary/aromatic N) is 2. The molecule has 1 aliphatic rings. The van der Waals surface area contributed by atoms with Gasteiger partial charge in [0.15, 0.2) is 0 Å². The fourth-order valence-corrected chi connectivity index (χ4v) is 4.77. The van der Waals surface area contributed by atoms with E-state index in [0.717, 1.165) is 11.3 Å². The van der Waals surface area contributed by atoms with E-state index in [1.54, 1.807) is 6.07 Å². The van der Waals surface area contributed by atoms with Crippen LogP contribution >= 0.6 is 22.9 Å². The molecule has 0 bridgehead atoms. The molecular formula is C18H12ClFN6OS. The predicted octanol–water partition coefficient (Wildman–Crippen LogP) is 3.08. The highest BCUT2D eigenvalue weighted by Crippen LogP contribution is 2.45. The molecule has 10 heteroatoms. The van der Waals surface area contributed by atoms with Crippen molar-refractivity contribution < 1.29 is 9.18 Å². The lowest BCUT2D eigenvalue weighted by atomic mass is 9.85. The van der Waals surface area contributed by atoms with Crippen LogP contribution in [0.5, 0.6) is 0 Å². The number of halogens is 2. The van der Waals surface area contributed by atoms with E-state index in [4.69, 9.17) is 28.5 Å². The van der Waals surface area contributed by atoms with Crippen molar-refractivity contribution in [2.24, 2.45) is 0 Å². The normalized spacial score (nSPS) is 15.8. The van der Waals surface area contributed by atoms with Crippen molar-refractivity contribution in [3.8, 4) is 6.07 Å². The number of nitrogens with one attached hydrogen (secondary N) is 2. The van der Waals surface area contributed by atoms with Gasteiger partial charge in [-0.1, -0.05) is 29.0 Å². The maximum atomic E-state index is 14.7. The molecule has 7 nitrogen and oxygen atoms in total. The van der Waals surface area contributed by atoms with Crippen molar-refractivity contribution in [2.45, 2.75) is 12.3 Å². The number of nitriles is 1. The number of hydrogen-bond acceptors (Lipinski definition) is 7. The second-order valence-corrected chi connectivity index (χ2v) is 7.66. The average Bonchev–Trinajstić information content (AvgIpc) is 2.60. The number of carbonyl (C=O) groups is 1. The monoisotopic (exact) mass is 414 g/mol. The topological polar surface area (TPSA) is 142 Å². The van der Waals surface area contributed by atoms with Crippen LogP contribution in [-0.2, 0) is 4.79 Å². The molecule has 0 saturated heterocycles. The van der Waals surface area contributed by atoms with Gasteiger partial charge in [-0.15, -0.1) is 0 Å². The van der Waals surface area contributed by atoms with Gasteiger partial charge >= 0.3 is 0 Å². The Morgan fingerprint density at radius 1 is 1.39 bits per heavy atom. The summed E-state index contributed by atoms with van der Waals surface area (Å²) in [4.78, 5) is 16.6. The number of amides is 1. The van der Waals surface area contributed by atoms with E-state index >= 15 is 0 Å². The zero-order valence-electron chi connectivity index (χ0n) is 14.1. The lowest BCUT2D eigenvalue weighted by Crippen LogP contribution is -2.26. The highest BCUT2D eigenvalue weighted by molar-refractivity contribution is 7.14. The molecule has 2 aromatic heterocycles. The number of benzene rings is 1. The third kappa shape index (κ3) is 2.58. The third-order valence-electron chi connectivity index (χ3n) is 4.65. The van der Waals surface area contributed by atoms with E-state index in [-0.39, 0.29) is 55.6 Å². The third-order valence-corrected chi connectivity index (χ3v) is 5.91. The number of nitrogen functional groups attached to an aromatic ring is 2. The maximum absolute atomic E-state index is 14.7. The van der Waals surface area contributed by atoms with Crippen molar-refractivity contribution in [3.63, 3.8) is 0 Å². The quantitative estimate of drug-likeness (QED) is 0.484. The molecule has 0 fully saturated rings. The van der Waals surface area contributed by atoms with Gasteiger partial charge in [-0.2, -0.15) is 5.26 Å². The van der Waals surface area contributed by atoms with E-state index in [9.17, 15) is 14.4 Å². The summed E-state index contributed by atoms with van der Waals surface area (Å²) in [6.45, 7) is 0. The average molecular weight is 415 g/mol. The second kappa shape index (κ2) is 6.44. The number of fused-ring (bicyclic) bond motifs is 3. The fraction of sp³-hybridized carbons (Fsp3) is 0.111. The molecule has 0 aliphatic carbocycles. The summed E-state index contributed by atoms with van der Waals surface area (Å²) in [5.41, 5.74) is 12.9. The number of anilines is 3. The Balaban J connectivity index is 2.16. The molecule has 140 valence electrons. The minimum absolute atomic E-state index is 0.0100. The summed E-state index contributed by atoms with van der Waals surface area (Å²) in [5.74, 6) is -1.72. The summed E-state index contributed by atoms with van der Waals surface area (Å²) in [6.07, 6.45) is -0.0612. The maximum Gasteiger partial charge on any atom is 0.225 e. The van der Waals surface area contributed by atoms with Crippen LogP contribution in [0, 0.1) is 22.6 Å². The highest BCUT2D eigenvalue weighted by Gasteiger charge is 2.34. The molecular weight excluding hydrogens is 403 g/mol. The van der Waals surface area contributed by atoms with E-state index in [0.29, 0.717) is 10.6 Å². The minimum atomic E-state index is -0.740. The van der Waals surface area contributed by atoms with Crippen LogP contribution in [0.4, 0.5) is 20.9 Å². The van der Waals surface area contributed by atoms with Crippen molar-refractivity contribution in [3.05, 3.63) is 50.4 Å². The van der Waals surface area contributed by atoms with Crippen molar-refractivity contribution >= 4 is 56.3 Å². The zero-order valence-corrected chi connectivity index (χ0v) is 15.7. The van der Waals surface area contributed by atoms with Gasteiger partial charge in [0.2, 0.25) is 5.91 Å². The smallest absolute Gasteiger partial charge is 0.225 e. The molecule has 28 heavy (non-hydrogen) atoms. The molecule has 0 unspecified atom stereocenters. The van der Waals surface area contributed by atoms with Crippen LogP contribution in [0.2, 0.25) is 5.02 Å². The van der Waals surface area contributed by atoms with Gasteiger partial charge < -0.3 is 16.8 Å². The Kier molecular flexibility index (Phi) is 4.18. The van der Waals surface area contributed by atoms with Gasteiger partial charge in [-0.25, -0.2) is 9.37 Å². The highest BCUT2D eigenvalue weighted by atomic mass is 35.5. The Hall–Kier alpha value is -3.22. The second-order valence-electron chi connectivity index (χ2n) is 6.24. The molecule has 1 amide bonds. The van der Waals surface area contributed by atoms with Gasteiger partial charge in [-0.3, -0.25) is 10.2 Å². The van der Waals surface area contributed by atoms with Crippen molar-refractivity contribution in [1.29, 1.82) is 10.7 Å². The first-order valence-electron chi connectivity index (χ1n) is 8.07. The Labute approximate surface area is 166 Å². The number of carbonyl (C=O) groups excluding carboxylic acids is 1. The number of hydrogen-bond donors (Lipinski definition) is 4. The first kappa shape index (κ1) is 18.2. The molecule has 0 spiro atoms. The molecule has 4 rings (SSSR count). The summed E-state index contributed by atoms with van der Waals surface area (Å²) < 4.78 is 14.7. The molecule has 6 N–H and O–H groups in total. The molecule has 1 aromatic carbocycles. The van der Waals surface area contributed by atoms with Crippen LogP contribution in [0.3, 0.4) is 0 Å². The number of nitrogens with two attached hydrogens (primary N) is 2. The minimum Gasteiger partial charge on any atom is -0.397 e.